The van der Waals surface area contributed by atoms with Crippen molar-refractivity contribution in [3.05, 3.63) is 0 Å². The molecule has 0 saturated carbocycles. The molecule has 0 aromatic heterocycles. The van der Waals surface area contributed by atoms with Gasteiger partial charge in [0.05, 0.1) is 6.10 Å². The Morgan fingerprint density at radius 3 is 2.33 bits per heavy atom. The van der Waals surface area contributed by atoms with Crippen molar-refractivity contribution < 1.29 is 9.53 Å². The molecule has 0 radical (unpaired) electrons. The highest BCUT2D eigenvalue weighted by molar-refractivity contribution is 9.40. The van der Waals surface area contributed by atoms with Crippen molar-refractivity contribution in [1.82, 2.24) is 0 Å². The van der Waals surface area contributed by atoms with Crippen molar-refractivity contribution >= 4 is 53.8 Å². The monoisotopic (exact) mass is 364 g/mol. The Hall–Kier alpha value is 0.910. The molecule has 0 spiro atoms. The number of esters is 1. The zero-order chi connectivity index (χ0) is 9.78. The van der Waals surface area contributed by atoms with Gasteiger partial charge >= 0.3 is 5.97 Å². The topological polar surface area (TPSA) is 26.3 Å². The number of carbonyl (C=O) groups is 1. The van der Waals surface area contributed by atoms with Gasteiger partial charge in [-0.1, -0.05) is 13.3 Å². The van der Waals surface area contributed by atoms with E-state index in [-0.39, 0.29) is 12.1 Å². The summed E-state index contributed by atoms with van der Waals surface area (Å²) in [6.45, 7) is 3.92. The van der Waals surface area contributed by atoms with Crippen molar-refractivity contribution in [2.75, 3.05) is 0 Å². The van der Waals surface area contributed by atoms with E-state index >= 15 is 0 Å². The second-order valence-corrected chi connectivity index (χ2v) is 9.26. The van der Waals surface area contributed by atoms with Crippen LogP contribution in [0.1, 0.15) is 26.7 Å². The van der Waals surface area contributed by atoms with E-state index in [9.17, 15) is 4.79 Å². The van der Waals surface area contributed by atoms with E-state index in [1.54, 1.807) is 0 Å². The highest BCUT2D eigenvalue weighted by atomic mass is 80.0. The molecule has 0 bridgehead atoms. The Morgan fingerprint density at radius 1 is 1.50 bits per heavy atom. The molecule has 0 saturated heterocycles. The molecule has 0 amide bonds. The van der Waals surface area contributed by atoms with Gasteiger partial charge in [-0.3, -0.25) is 0 Å². The molecule has 0 aromatic carbocycles. The summed E-state index contributed by atoms with van der Waals surface area (Å²) in [6.07, 6.45) is 1.86. The van der Waals surface area contributed by atoms with Gasteiger partial charge in [-0.15, -0.1) is 0 Å². The highest BCUT2D eigenvalue weighted by Gasteiger charge is 2.31. The van der Waals surface area contributed by atoms with Crippen molar-refractivity contribution in [3.63, 3.8) is 0 Å². The van der Waals surface area contributed by atoms with Crippen LogP contribution in [0.3, 0.4) is 0 Å². The van der Waals surface area contributed by atoms with Gasteiger partial charge < -0.3 is 4.74 Å². The van der Waals surface area contributed by atoms with Crippen LogP contribution in [0, 0.1) is 0 Å². The zero-order valence-electron chi connectivity index (χ0n) is 6.94. The third kappa shape index (κ3) is 5.54. The van der Waals surface area contributed by atoms with E-state index in [2.05, 4.69) is 47.8 Å². The van der Waals surface area contributed by atoms with Crippen LogP contribution in [0.2, 0.25) is 0 Å². The molecule has 12 heavy (non-hydrogen) atoms. The quantitative estimate of drug-likeness (QED) is 0.564. The maximum atomic E-state index is 11.2. The molecule has 0 fully saturated rings. The fourth-order valence-electron chi connectivity index (χ4n) is 0.715. The molecular weight excluding hydrogens is 356 g/mol. The number of alkyl halides is 3. The van der Waals surface area contributed by atoms with Crippen molar-refractivity contribution in [2.24, 2.45) is 0 Å². The van der Waals surface area contributed by atoms with Gasteiger partial charge in [0, 0.05) is 0 Å². The molecule has 0 aliphatic carbocycles. The fourth-order valence-corrected chi connectivity index (χ4v) is 0.995. The number of carbonyl (C=O) groups excluding carboxylic acids is 1. The first kappa shape index (κ1) is 12.9. The summed E-state index contributed by atoms with van der Waals surface area (Å²) in [7, 11) is 0. The maximum Gasteiger partial charge on any atom is 0.345 e. The Labute approximate surface area is 97.8 Å². The smallest absolute Gasteiger partial charge is 0.345 e. The van der Waals surface area contributed by atoms with Crippen molar-refractivity contribution in [3.8, 4) is 0 Å². The number of ether oxygens (including phenoxy) is 1. The Bertz CT molecular complexity index is 153. The summed E-state index contributed by atoms with van der Waals surface area (Å²) >= 11 is 9.25. The average molecular weight is 367 g/mol. The first-order chi connectivity index (χ1) is 5.38. The van der Waals surface area contributed by atoms with Crippen LogP contribution in [0.4, 0.5) is 0 Å². The lowest BCUT2D eigenvalue weighted by atomic mass is 10.2. The summed E-state index contributed by atoms with van der Waals surface area (Å²) in [6, 6.07) is 0. The molecule has 1 unspecified atom stereocenters. The van der Waals surface area contributed by atoms with Crippen LogP contribution in [0.5, 0.6) is 0 Å². The van der Waals surface area contributed by atoms with Crippen molar-refractivity contribution in [1.29, 1.82) is 0 Å². The van der Waals surface area contributed by atoms with Crippen LogP contribution >= 0.6 is 47.8 Å². The third-order valence-corrected chi connectivity index (χ3v) is 2.21. The predicted octanol–water partition coefficient (Wildman–Crippen LogP) is 3.56. The van der Waals surface area contributed by atoms with Crippen LogP contribution in [0.15, 0.2) is 0 Å². The molecule has 1 atom stereocenters. The number of hydrogen-bond acceptors (Lipinski definition) is 2. The van der Waals surface area contributed by atoms with E-state index < -0.39 is 2.14 Å². The van der Waals surface area contributed by atoms with Gasteiger partial charge in [0.1, 0.15) is 0 Å². The normalized spacial score (nSPS) is 14.1. The minimum absolute atomic E-state index is 0.0328. The van der Waals surface area contributed by atoms with Gasteiger partial charge in [-0.2, -0.15) is 0 Å². The lowest BCUT2D eigenvalue weighted by Crippen LogP contribution is -2.24. The Kier molecular flexibility index (Phi) is 6.03. The van der Waals surface area contributed by atoms with E-state index in [1.807, 2.05) is 13.8 Å². The molecule has 0 aliphatic heterocycles. The first-order valence-electron chi connectivity index (χ1n) is 3.65. The van der Waals surface area contributed by atoms with Crippen LogP contribution in [0.25, 0.3) is 0 Å². The Morgan fingerprint density at radius 2 is 2.00 bits per heavy atom. The van der Waals surface area contributed by atoms with Gasteiger partial charge in [0.25, 0.3) is 0 Å². The molecule has 0 rings (SSSR count). The highest BCUT2D eigenvalue weighted by Crippen LogP contribution is 2.35. The molecule has 0 aromatic rings. The average Bonchev–Trinajstić information content (AvgIpc) is 1.85. The van der Waals surface area contributed by atoms with Crippen LogP contribution in [-0.2, 0) is 9.53 Å². The molecule has 0 aliphatic rings. The van der Waals surface area contributed by atoms with Crippen molar-refractivity contribution in [2.45, 2.75) is 34.9 Å². The Balaban J connectivity index is 3.85. The van der Waals surface area contributed by atoms with Gasteiger partial charge in [0.15, 0.2) is 0 Å². The zero-order valence-corrected chi connectivity index (χ0v) is 11.7. The summed E-state index contributed by atoms with van der Waals surface area (Å²) in [5, 5.41) is 0. The first-order valence-corrected chi connectivity index (χ1v) is 6.03. The predicted molar refractivity (Wildman–Crippen MR) is 60.0 cm³/mol. The molecule has 72 valence electrons. The summed E-state index contributed by atoms with van der Waals surface area (Å²) in [5.41, 5.74) is 0. The molecule has 0 heterocycles. The lowest BCUT2D eigenvalue weighted by molar-refractivity contribution is -0.146. The standard InChI is InChI=1S/C7H11Br3O2/c1-3-4-5(2)12-6(11)7(8,9)10/h5H,3-4H2,1-2H3. The number of halogens is 3. The van der Waals surface area contributed by atoms with Gasteiger partial charge in [0.2, 0.25) is 2.14 Å². The van der Waals surface area contributed by atoms with E-state index in [0.717, 1.165) is 12.8 Å². The maximum absolute atomic E-state index is 11.2. The van der Waals surface area contributed by atoms with E-state index in [4.69, 9.17) is 4.74 Å². The molecular formula is C7H11Br3O2. The minimum atomic E-state index is -0.936. The number of hydrogen-bond donors (Lipinski definition) is 0. The molecule has 0 N–H and O–H groups in total. The second-order valence-electron chi connectivity index (χ2n) is 2.50. The fraction of sp³-hybridized carbons (Fsp3) is 0.857. The van der Waals surface area contributed by atoms with Gasteiger partial charge in [-0.25, -0.2) is 4.79 Å². The summed E-state index contributed by atoms with van der Waals surface area (Å²) < 4.78 is 4.14. The van der Waals surface area contributed by atoms with Crippen LogP contribution in [-0.4, -0.2) is 14.2 Å². The van der Waals surface area contributed by atoms with E-state index in [0.29, 0.717) is 0 Å². The van der Waals surface area contributed by atoms with Gasteiger partial charge in [-0.05, 0) is 61.1 Å². The summed E-state index contributed by atoms with van der Waals surface area (Å²) in [5.74, 6) is -0.358. The lowest BCUT2D eigenvalue weighted by Gasteiger charge is -2.16. The molecule has 2 nitrogen and oxygen atoms in total. The summed E-state index contributed by atoms with van der Waals surface area (Å²) in [4.78, 5) is 11.2. The third-order valence-electron chi connectivity index (χ3n) is 1.23. The largest absolute Gasteiger partial charge is 0.460 e. The molecule has 5 heteroatoms. The number of rotatable bonds is 3. The minimum Gasteiger partial charge on any atom is -0.460 e. The van der Waals surface area contributed by atoms with Crippen LogP contribution < -0.4 is 0 Å². The second kappa shape index (κ2) is 5.60. The SMILES string of the molecule is CCCC(C)OC(=O)C(Br)(Br)Br. The van der Waals surface area contributed by atoms with E-state index in [1.165, 1.54) is 0 Å².